The molecule has 1 unspecified atom stereocenters. The number of aliphatic hydroxyl groups excluding tert-OH is 1. The van der Waals surface area contributed by atoms with Crippen molar-refractivity contribution in [1.29, 1.82) is 0 Å². The van der Waals surface area contributed by atoms with Gasteiger partial charge in [-0.15, -0.1) is 0 Å². The normalized spacial score (nSPS) is 19.6. The minimum absolute atomic E-state index is 0.0139. The van der Waals surface area contributed by atoms with Crippen molar-refractivity contribution in [2.75, 3.05) is 6.61 Å². The van der Waals surface area contributed by atoms with Gasteiger partial charge < -0.3 is 15.6 Å². The largest absolute Gasteiger partial charge is 0.443 e. The monoisotopic (exact) mass is 187 g/mol. The molecule has 3 N–H and O–H groups in total. The van der Waals surface area contributed by atoms with Gasteiger partial charge in [0.15, 0.2) is 0 Å². The molecule has 4 heteroatoms. The Morgan fingerprint density at radius 2 is 2.23 bits per heavy atom. The van der Waals surface area contributed by atoms with E-state index < -0.39 is 11.7 Å². The highest BCUT2D eigenvalue weighted by Gasteiger charge is 2.42. The molecule has 13 heavy (non-hydrogen) atoms. The molecule has 1 aliphatic carbocycles. The lowest BCUT2D eigenvalue weighted by atomic mass is 9.87. The van der Waals surface area contributed by atoms with Crippen molar-refractivity contribution >= 4 is 6.09 Å². The summed E-state index contributed by atoms with van der Waals surface area (Å²) in [6.07, 6.45) is 1.44. The van der Waals surface area contributed by atoms with Crippen LogP contribution in [-0.2, 0) is 4.74 Å². The number of primary amides is 1. The molecule has 1 atom stereocenters. The van der Waals surface area contributed by atoms with Gasteiger partial charge in [-0.2, -0.15) is 0 Å². The van der Waals surface area contributed by atoms with Crippen molar-refractivity contribution < 1.29 is 14.6 Å². The topological polar surface area (TPSA) is 72.5 Å². The quantitative estimate of drug-likeness (QED) is 0.686. The molecule has 0 bridgehead atoms. The number of aliphatic hydroxyl groups is 1. The van der Waals surface area contributed by atoms with Crippen LogP contribution in [0.5, 0.6) is 0 Å². The molecule has 0 spiro atoms. The first-order valence-corrected chi connectivity index (χ1v) is 4.56. The van der Waals surface area contributed by atoms with Gasteiger partial charge in [-0.3, -0.25) is 0 Å². The second kappa shape index (κ2) is 3.54. The van der Waals surface area contributed by atoms with Gasteiger partial charge in [-0.1, -0.05) is 0 Å². The molecule has 1 fully saturated rings. The van der Waals surface area contributed by atoms with Crippen LogP contribution in [-0.4, -0.2) is 23.4 Å². The summed E-state index contributed by atoms with van der Waals surface area (Å²) >= 11 is 0. The van der Waals surface area contributed by atoms with Gasteiger partial charge in [0.05, 0.1) is 0 Å². The van der Waals surface area contributed by atoms with Gasteiger partial charge in [-0.05, 0) is 32.6 Å². The van der Waals surface area contributed by atoms with Crippen molar-refractivity contribution in [3.63, 3.8) is 0 Å². The summed E-state index contributed by atoms with van der Waals surface area (Å²) in [6.45, 7) is 3.62. The fourth-order valence-electron chi connectivity index (χ4n) is 1.77. The van der Waals surface area contributed by atoms with Crippen LogP contribution in [0.15, 0.2) is 0 Å². The zero-order chi connectivity index (χ0) is 10.1. The fourth-order valence-corrected chi connectivity index (χ4v) is 1.77. The fraction of sp³-hybridized carbons (Fsp3) is 0.889. The highest BCUT2D eigenvalue weighted by atomic mass is 16.6. The summed E-state index contributed by atoms with van der Waals surface area (Å²) in [6, 6.07) is 0. The van der Waals surface area contributed by atoms with E-state index in [2.05, 4.69) is 0 Å². The van der Waals surface area contributed by atoms with Crippen LogP contribution < -0.4 is 5.73 Å². The van der Waals surface area contributed by atoms with E-state index in [4.69, 9.17) is 15.6 Å². The van der Waals surface area contributed by atoms with Crippen LogP contribution in [0, 0.1) is 11.8 Å². The minimum atomic E-state index is -0.774. The number of rotatable bonds is 4. The third-order valence-corrected chi connectivity index (χ3v) is 2.64. The molecule has 1 aliphatic rings. The molecule has 0 aromatic heterocycles. The smallest absolute Gasteiger partial charge is 0.405 e. The molecule has 0 heterocycles. The third-order valence-electron chi connectivity index (χ3n) is 2.64. The van der Waals surface area contributed by atoms with E-state index in [1.165, 1.54) is 0 Å². The Bertz CT molecular complexity index is 199. The summed E-state index contributed by atoms with van der Waals surface area (Å²) in [5, 5.41) is 9.15. The van der Waals surface area contributed by atoms with Gasteiger partial charge in [0, 0.05) is 12.5 Å². The second-order valence-electron chi connectivity index (χ2n) is 4.15. The number of carbonyl (C=O) groups is 1. The number of hydrogen-bond donors (Lipinski definition) is 2. The van der Waals surface area contributed by atoms with E-state index in [0.29, 0.717) is 5.92 Å². The van der Waals surface area contributed by atoms with Crippen molar-refractivity contribution in [1.82, 2.24) is 0 Å². The van der Waals surface area contributed by atoms with Gasteiger partial charge in [0.2, 0.25) is 0 Å². The number of carbonyl (C=O) groups excluding carboxylic acids is 1. The molecule has 1 rings (SSSR count). The molecule has 4 nitrogen and oxygen atoms in total. The maximum Gasteiger partial charge on any atom is 0.405 e. The van der Waals surface area contributed by atoms with Gasteiger partial charge in [0.1, 0.15) is 5.60 Å². The van der Waals surface area contributed by atoms with Crippen LogP contribution in [0.25, 0.3) is 0 Å². The first-order chi connectivity index (χ1) is 5.97. The third kappa shape index (κ3) is 2.59. The predicted octanol–water partition coefficient (Wildman–Crippen LogP) is 0.879. The average Bonchev–Trinajstić information content (AvgIpc) is 2.68. The Labute approximate surface area is 78.1 Å². The van der Waals surface area contributed by atoms with E-state index >= 15 is 0 Å². The minimum Gasteiger partial charge on any atom is -0.443 e. The van der Waals surface area contributed by atoms with E-state index in [9.17, 15) is 4.79 Å². The average molecular weight is 187 g/mol. The molecule has 0 aliphatic heterocycles. The molecular formula is C9H17NO3. The van der Waals surface area contributed by atoms with Crippen LogP contribution in [0.4, 0.5) is 4.79 Å². The summed E-state index contributed by atoms with van der Waals surface area (Å²) in [5.74, 6) is 0.499. The molecule has 0 aromatic rings. The highest BCUT2D eigenvalue weighted by Crippen LogP contribution is 2.42. The first kappa shape index (κ1) is 10.3. The maximum absolute atomic E-state index is 10.6. The Balaban J connectivity index is 2.57. The second-order valence-corrected chi connectivity index (χ2v) is 4.15. The molecule has 1 saturated carbocycles. The lowest BCUT2D eigenvalue weighted by Gasteiger charge is -2.32. The van der Waals surface area contributed by atoms with Crippen molar-refractivity contribution in [3.05, 3.63) is 0 Å². The molecule has 76 valence electrons. The van der Waals surface area contributed by atoms with Gasteiger partial charge in [0.25, 0.3) is 0 Å². The van der Waals surface area contributed by atoms with E-state index in [1.54, 1.807) is 13.8 Å². The number of hydrogen-bond acceptors (Lipinski definition) is 3. The van der Waals surface area contributed by atoms with E-state index in [0.717, 1.165) is 12.8 Å². The van der Waals surface area contributed by atoms with E-state index in [-0.39, 0.29) is 12.5 Å². The van der Waals surface area contributed by atoms with Crippen LogP contribution in [0.2, 0.25) is 0 Å². The lowest BCUT2D eigenvalue weighted by Crippen LogP contribution is -2.41. The van der Waals surface area contributed by atoms with Crippen molar-refractivity contribution in [2.24, 2.45) is 17.6 Å². The molecular weight excluding hydrogens is 170 g/mol. The molecule has 0 saturated heterocycles. The predicted molar refractivity (Wildman–Crippen MR) is 48.0 cm³/mol. The highest BCUT2D eigenvalue weighted by molar-refractivity contribution is 5.65. The van der Waals surface area contributed by atoms with Gasteiger partial charge >= 0.3 is 6.09 Å². The van der Waals surface area contributed by atoms with Gasteiger partial charge in [-0.25, -0.2) is 4.79 Å². The van der Waals surface area contributed by atoms with Crippen LogP contribution in [0.3, 0.4) is 0 Å². The van der Waals surface area contributed by atoms with Crippen LogP contribution >= 0.6 is 0 Å². The summed E-state index contributed by atoms with van der Waals surface area (Å²) in [7, 11) is 0. The zero-order valence-corrected chi connectivity index (χ0v) is 8.12. The number of amides is 1. The Hall–Kier alpha value is -0.770. The maximum atomic E-state index is 10.6. The van der Waals surface area contributed by atoms with Crippen molar-refractivity contribution in [3.8, 4) is 0 Å². The standard InChI is InChI=1S/C9H17NO3/c1-9(2,13-8(10)12)7(5-11)6-3-4-6/h6-7,11H,3-5H2,1-2H3,(H2,10,12). The summed E-state index contributed by atoms with van der Waals surface area (Å²) < 4.78 is 4.97. The Kier molecular flexibility index (Phi) is 2.81. The Morgan fingerprint density at radius 3 is 2.54 bits per heavy atom. The molecule has 0 radical (unpaired) electrons. The summed E-state index contributed by atoms with van der Waals surface area (Å²) in [4.78, 5) is 10.6. The lowest BCUT2D eigenvalue weighted by molar-refractivity contribution is -0.0294. The molecule has 1 amide bonds. The SMILES string of the molecule is CC(C)(OC(N)=O)C(CO)C1CC1. The van der Waals surface area contributed by atoms with E-state index in [1.807, 2.05) is 0 Å². The summed E-state index contributed by atoms with van der Waals surface area (Å²) in [5.41, 5.74) is 4.30. The Morgan fingerprint density at radius 1 is 1.69 bits per heavy atom. The van der Waals surface area contributed by atoms with Crippen LogP contribution in [0.1, 0.15) is 26.7 Å². The first-order valence-electron chi connectivity index (χ1n) is 4.56. The molecule has 0 aromatic carbocycles. The zero-order valence-electron chi connectivity index (χ0n) is 8.12. The number of ether oxygens (including phenoxy) is 1. The number of nitrogens with two attached hydrogens (primary N) is 1. The van der Waals surface area contributed by atoms with Crippen molar-refractivity contribution in [2.45, 2.75) is 32.3 Å².